The maximum atomic E-state index is 11.8. The number of hydrogen-bond acceptors (Lipinski definition) is 4. The third kappa shape index (κ3) is 5.48. The van der Waals surface area contributed by atoms with Gasteiger partial charge in [-0.25, -0.2) is 4.99 Å². The van der Waals surface area contributed by atoms with Gasteiger partial charge in [0.1, 0.15) is 0 Å². The molecule has 5 N–H and O–H groups in total. The van der Waals surface area contributed by atoms with Gasteiger partial charge in [-0.2, -0.15) is 11.8 Å². The lowest BCUT2D eigenvalue weighted by Crippen LogP contribution is -2.42. The number of nitrogens with zero attached hydrogens (tertiary/aromatic N) is 2. The van der Waals surface area contributed by atoms with Crippen LogP contribution in [0.1, 0.15) is 15.9 Å². The van der Waals surface area contributed by atoms with Crippen LogP contribution in [0, 0.1) is 0 Å². The molecule has 0 atom stereocenters. The smallest absolute Gasteiger partial charge is 0.251 e. The summed E-state index contributed by atoms with van der Waals surface area (Å²) >= 11 is 1.92. The number of nitrogens with one attached hydrogen (secondary N) is 1. The molecule has 2 rings (SSSR count). The first kappa shape index (κ1) is 17.1. The molecule has 1 aliphatic rings. The number of nitrogens with two attached hydrogens (primary N) is 2. The van der Waals surface area contributed by atoms with Gasteiger partial charge in [-0.15, -0.1) is 0 Å². The van der Waals surface area contributed by atoms with Crippen molar-refractivity contribution in [1.29, 1.82) is 0 Å². The van der Waals surface area contributed by atoms with E-state index in [0.717, 1.165) is 30.2 Å². The van der Waals surface area contributed by atoms with E-state index in [1.165, 1.54) is 0 Å². The Morgan fingerprint density at radius 1 is 1.17 bits per heavy atom. The summed E-state index contributed by atoms with van der Waals surface area (Å²) in [6.07, 6.45) is 0. The summed E-state index contributed by atoms with van der Waals surface area (Å²) in [5.41, 5.74) is 12.4. The first-order valence-electron chi connectivity index (χ1n) is 7.34. The molecule has 0 aromatic heterocycles. The Bertz CT molecular complexity index is 582. The van der Waals surface area contributed by atoms with Crippen molar-refractivity contribution in [3.05, 3.63) is 35.4 Å². The maximum absolute atomic E-state index is 11.8. The summed E-state index contributed by atoms with van der Waals surface area (Å²) < 4.78 is 0. The zero-order chi connectivity index (χ0) is 16.7. The molecule has 8 heteroatoms. The Labute approximate surface area is 139 Å². The second kappa shape index (κ2) is 8.42. The highest BCUT2D eigenvalue weighted by Crippen LogP contribution is 2.10. The molecule has 2 amide bonds. The van der Waals surface area contributed by atoms with Crippen LogP contribution >= 0.6 is 11.8 Å². The van der Waals surface area contributed by atoms with Crippen molar-refractivity contribution < 1.29 is 9.59 Å². The van der Waals surface area contributed by atoms with Gasteiger partial charge >= 0.3 is 0 Å². The average Bonchev–Trinajstić information content (AvgIpc) is 2.58. The predicted molar refractivity (Wildman–Crippen MR) is 92.2 cm³/mol. The van der Waals surface area contributed by atoms with Crippen LogP contribution in [0.25, 0.3) is 0 Å². The Kier molecular flexibility index (Phi) is 6.28. The molecule has 23 heavy (non-hydrogen) atoms. The summed E-state index contributed by atoms with van der Waals surface area (Å²) in [5.74, 6) is 1.81. The lowest BCUT2D eigenvalue weighted by Gasteiger charge is -2.27. The molecule has 0 bridgehead atoms. The lowest BCUT2D eigenvalue weighted by atomic mass is 10.1. The third-order valence-electron chi connectivity index (χ3n) is 3.40. The van der Waals surface area contributed by atoms with Crippen molar-refractivity contribution in [1.82, 2.24) is 10.2 Å². The average molecular weight is 335 g/mol. The number of benzene rings is 1. The lowest BCUT2D eigenvalue weighted by molar-refractivity contribution is -0.117. The van der Waals surface area contributed by atoms with Crippen molar-refractivity contribution in [3.63, 3.8) is 0 Å². The van der Waals surface area contributed by atoms with Crippen LogP contribution in [0.15, 0.2) is 29.3 Å². The van der Waals surface area contributed by atoms with E-state index in [1.807, 2.05) is 23.9 Å². The van der Waals surface area contributed by atoms with Gasteiger partial charge in [0.05, 0.1) is 13.1 Å². The fourth-order valence-corrected chi connectivity index (χ4v) is 3.00. The Morgan fingerprint density at radius 2 is 1.83 bits per heavy atom. The van der Waals surface area contributed by atoms with E-state index in [9.17, 15) is 9.59 Å². The van der Waals surface area contributed by atoms with Crippen molar-refractivity contribution in [2.24, 2.45) is 16.5 Å². The van der Waals surface area contributed by atoms with Crippen LogP contribution in [0.5, 0.6) is 0 Å². The molecular weight excluding hydrogens is 314 g/mol. The van der Waals surface area contributed by atoms with E-state index in [2.05, 4.69) is 15.2 Å². The van der Waals surface area contributed by atoms with Crippen molar-refractivity contribution in [3.8, 4) is 0 Å². The van der Waals surface area contributed by atoms with Gasteiger partial charge in [-0.1, -0.05) is 12.1 Å². The van der Waals surface area contributed by atoms with Gasteiger partial charge in [0.25, 0.3) is 5.91 Å². The van der Waals surface area contributed by atoms with E-state index in [0.29, 0.717) is 18.1 Å². The number of aliphatic imine (C=N–C) groups is 1. The van der Waals surface area contributed by atoms with Crippen LogP contribution in [0.3, 0.4) is 0 Å². The highest BCUT2D eigenvalue weighted by Gasteiger charge is 2.12. The second-order valence-corrected chi connectivity index (χ2v) is 6.34. The fraction of sp³-hybridized carbons (Fsp3) is 0.400. The number of carbonyl (C=O) groups excluding carboxylic acids is 2. The highest BCUT2D eigenvalue weighted by molar-refractivity contribution is 7.99. The van der Waals surface area contributed by atoms with Crippen LogP contribution in [-0.2, 0) is 11.3 Å². The summed E-state index contributed by atoms with van der Waals surface area (Å²) in [4.78, 5) is 28.9. The van der Waals surface area contributed by atoms with E-state index in [1.54, 1.807) is 12.1 Å². The summed E-state index contributed by atoms with van der Waals surface area (Å²) in [5, 5.41) is 2.44. The van der Waals surface area contributed by atoms with Gasteiger partial charge in [0.2, 0.25) is 5.91 Å². The number of guanidine groups is 1. The quantitative estimate of drug-likeness (QED) is 0.508. The molecule has 1 fully saturated rings. The Balaban J connectivity index is 1.89. The standard InChI is InChI=1S/C15H21N5O2S/c16-13(21)10-18-14(22)12-3-1-11(2-4-12)9-19-15(17)20-5-7-23-8-6-20/h1-4H,5-10H2,(H2,16,21)(H2,17,19)(H,18,22). The molecule has 1 aromatic carbocycles. The van der Waals surface area contributed by atoms with Gasteiger partial charge < -0.3 is 21.7 Å². The normalized spacial score (nSPS) is 15.3. The van der Waals surface area contributed by atoms with Gasteiger partial charge in [-0.3, -0.25) is 9.59 Å². The molecule has 0 spiro atoms. The van der Waals surface area contributed by atoms with Crippen molar-refractivity contribution in [2.75, 3.05) is 31.1 Å². The second-order valence-electron chi connectivity index (χ2n) is 5.12. The first-order chi connectivity index (χ1) is 11.1. The Morgan fingerprint density at radius 3 is 2.43 bits per heavy atom. The van der Waals surface area contributed by atoms with Crippen LogP contribution in [0.4, 0.5) is 0 Å². The summed E-state index contributed by atoms with van der Waals surface area (Å²) in [7, 11) is 0. The fourth-order valence-electron chi connectivity index (χ4n) is 2.10. The van der Waals surface area contributed by atoms with Crippen LogP contribution in [0.2, 0.25) is 0 Å². The molecule has 1 heterocycles. The maximum Gasteiger partial charge on any atom is 0.251 e. The third-order valence-corrected chi connectivity index (χ3v) is 4.34. The Hall–Kier alpha value is -2.22. The molecule has 0 aliphatic carbocycles. The monoisotopic (exact) mass is 335 g/mol. The summed E-state index contributed by atoms with van der Waals surface area (Å²) in [6, 6.07) is 7.02. The number of hydrogen-bond donors (Lipinski definition) is 3. The molecule has 1 aromatic rings. The number of rotatable bonds is 5. The SMILES string of the molecule is NC(=O)CNC(=O)c1ccc(CN=C(N)N2CCSCC2)cc1. The largest absolute Gasteiger partial charge is 0.370 e. The topological polar surface area (TPSA) is 114 Å². The van der Waals surface area contributed by atoms with E-state index in [4.69, 9.17) is 11.5 Å². The molecule has 124 valence electrons. The molecule has 0 saturated carbocycles. The highest BCUT2D eigenvalue weighted by atomic mass is 32.2. The number of thioether (sulfide) groups is 1. The van der Waals surface area contributed by atoms with Crippen LogP contribution < -0.4 is 16.8 Å². The van der Waals surface area contributed by atoms with Gasteiger partial charge in [-0.05, 0) is 17.7 Å². The van der Waals surface area contributed by atoms with Crippen LogP contribution in [-0.4, -0.2) is 53.8 Å². The number of carbonyl (C=O) groups is 2. The minimum Gasteiger partial charge on any atom is -0.370 e. The zero-order valence-corrected chi connectivity index (χ0v) is 13.6. The molecule has 7 nitrogen and oxygen atoms in total. The summed E-state index contributed by atoms with van der Waals surface area (Å²) in [6.45, 7) is 2.16. The van der Waals surface area contributed by atoms with E-state index >= 15 is 0 Å². The molecular formula is C15H21N5O2S. The van der Waals surface area contributed by atoms with Gasteiger partial charge in [0, 0.05) is 30.2 Å². The van der Waals surface area contributed by atoms with Gasteiger partial charge in [0.15, 0.2) is 5.96 Å². The minimum atomic E-state index is -0.573. The molecule has 1 aliphatic heterocycles. The number of amides is 2. The number of primary amides is 1. The molecule has 0 radical (unpaired) electrons. The van der Waals surface area contributed by atoms with Crippen molar-refractivity contribution >= 4 is 29.5 Å². The van der Waals surface area contributed by atoms with Crippen molar-refractivity contribution in [2.45, 2.75) is 6.54 Å². The predicted octanol–water partition coefficient (Wildman–Crippen LogP) is -0.235. The molecule has 1 saturated heterocycles. The van der Waals surface area contributed by atoms with E-state index in [-0.39, 0.29) is 12.5 Å². The zero-order valence-electron chi connectivity index (χ0n) is 12.8. The van der Waals surface area contributed by atoms with E-state index < -0.39 is 5.91 Å². The minimum absolute atomic E-state index is 0.171. The first-order valence-corrected chi connectivity index (χ1v) is 8.50. The molecule has 0 unspecified atom stereocenters.